The van der Waals surface area contributed by atoms with Crippen LogP contribution < -0.4 is 0 Å². The average Bonchev–Trinajstić information content (AvgIpc) is 2.53. The number of hydrogen-bond donors (Lipinski definition) is 0. The molecule has 0 atom stereocenters. The third-order valence-electron chi connectivity index (χ3n) is 1.36. The molecule has 1 rings (SSSR count). The Kier molecular flexibility index (Phi) is 2.94. The summed E-state index contributed by atoms with van der Waals surface area (Å²) in [5.41, 5.74) is 0. The van der Waals surface area contributed by atoms with Crippen molar-refractivity contribution in [3.05, 3.63) is 28.0 Å². The van der Waals surface area contributed by atoms with E-state index in [2.05, 4.69) is 4.99 Å². The highest BCUT2D eigenvalue weighted by molar-refractivity contribution is 5.32. The summed E-state index contributed by atoms with van der Waals surface area (Å²) in [4.78, 5) is 22.5. The van der Waals surface area contributed by atoms with E-state index in [0.29, 0.717) is 12.2 Å². The van der Waals surface area contributed by atoms with E-state index in [-0.39, 0.29) is 12.4 Å². The Morgan fingerprint density at radius 2 is 2.38 bits per heavy atom. The Labute approximate surface area is 73.0 Å². The topological polar surface area (TPSA) is 85.7 Å². The van der Waals surface area contributed by atoms with E-state index in [0.717, 1.165) is 0 Å². The number of carbonyl (C=O) groups excluding carboxylic acids is 1. The van der Waals surface area contributed by atoms with Crippen LogP contribution in [0.3, 0.4) is 0 Å². The maximum Gasteiger partial charge on any atom is 0.433 e. The summed E-state index contributed by atoms with van der Waals surface area (Å²) in [5, 5.41) is 10.2. The van der Waals surface area contributed by atoms with Crippen LogP contribution in [0.4, 0.5) is 5.88 Å². The van der Waals surface area contributed by atoms with Crippen molar-refractivity contribution < 1.29 is 14.1 Å². The first-order valence-corrected chi connectivity index (χ1v) is 3.51. The molecular weight excluding hydrogens is 176 g/mol. The van der Waals surface area contributed by atoms with Crippen molar-refractivity contribution in [3.63, 3.8) is 0 Å². The lowest BCUT2D eigenvalue weighted by Gasteiger charge is -1.87. The zero-order valence-electron chi connectivity index (χ0n) is 6.60. The van der Waals surface area contributed by atoms with E-state index in [4.69, 9.17) is 4.42 Å². The van der Waals surface area contributed by atoms with Gasteiger partial charge < -0.3 is 4.42 Å². The third-order valence-corrected chi connectivity index (χ3v) is 1.36. The average molecular weight is 182 g/mol. The van der Waals surface area contributed by atoms with Crippen LogP contribution in [-0.4, -0.2) is 17.5 Å². The monoisotopic (exact) mass is 182 g/mol. The lowest BCUT2D eigenvalue weighted by Crippen LogP contribution is -1.86. The normalized spacial score (nSPS) is 9.23. The third kappa shape index (κ3) is 2.53. The molecule has 1 aromatic heterocycles. The summed E-state index contributed by atoms with van der Waals surface area (Å²) in [7, 11) is 0. The van der Waals surface area contributed by atoms with E-state index in [1.165, 1.54) is 18.2 Å². The van der Waals surface area contributed by atoms with Gasteiger partial charge in [-0.3, -0.25) is 10.1 Å². The molecule has 0 aliphatic heterocycles. The van der Waals surface area contributed by atoms with Crippen LogP contribution in [-0.2, 0) is 11.2 Å². The summed E-state index contributed by atoms with van der Waals surface area (Å²) in [6.45, 7) is 0.230. The van der Waals surface area contributed by atoms with Gasteiger partial charge in [0.2, 0.25) is 6.08 Å². The number of rotatable bonds is 4. The van der Waals surface area contributed by atoms with Crippen molar-refractivity contribution in [1.82, 2.24) is 0 Å². The maximum absolute atomic E-state index is 10.2. The number of hydrogen-bond acceptors (Lipinski definition) is 5. The first-order chi connectivity index (χ1) is 6.24. The second kappa shape index (κ2) is 4.18. The fraction of sp³-hybridized carbons (Fsp3) is 0.286. The van der Waals surface area contributed by atoms with E-state index >= 15 is 0 Å². The maximum atomic E-state index is 10.2. The van der Waals surface area contributed by atoms with Crippen molar-refractivity contribution in [2.24, 2.45) is 4.99 Å². The van der Waals surface area contributed by atoms with Crippen molar-refractivity contribution in [1.29, 1.82) is 0 Å². The van der Waals surface area contributed by atoms with Crippen LogP contribution >= 0.6 is 0 Å². The minimum atomic E-state index is -0.619. The Bertz CT molecular complexity index is 351. The van der Waals surface area contributed by atoms with Crippen LogP contribution in [0.15, 0.2) is 21.5 Å². The lowest BCUT2D eigenvalue weighted by atomic mass is 10.3. The van der Waals surface area contributed by atoms with Crippen LogP contribution in [0.1, 0.15) is 5.76 Å². The molecule has 6 heteroatoms. The standard InChI is InChI=1S/C7H6N2O4/c10-5-8-4-3-6-1-2-7(13-6)9(11)12/h1-2H,3-4H2. The van der Waals surface area contributed by atoms with Gasteiger partial charge in [-0.1, -0.05) is 0 Å². The van der Waals surface area contributed by atoms with Gasteiger partial charge in [0, 0.05) is 6.42 Å². The van der Waals surface area contributed by atoms with Gasteiger partial charge in [0.05, 0.1) is 12.6 Å². The Morgan fingerprint density at radius 3 is 2.92 bits per heavy atom. The molecule has 1 aromatic rings. The summed E-state index contributed by atoms with van der Waals surface area (Å²) in [6.07, 6.45) is 1.73. The van der Waals surface area contributed by atoms with E-state index in [1.807, 2.05) is 0 Å². The molecule has 0 unspecified atom stereocenters. The van der Waals surface area contributed by atoms with Crippen LogP contribution in [0.5, 0.6) is 0 Å². The number of isocyanates is 1. The van der Waals surface area contributed by atoms with Crippen molar-refractivity contribution in [2.45, 2.75) is 6.42 Å². The fourth-order valence-corrected chi connectivity index (χ4v) is 0.811. The van der Waals surface area contributed by atoms with Crippen LogP contribution in [0.2, 0.25) is 0 Å². The van der Waals surface area contributed by atoms with Gasteiger partial charge >= 0.3 is 5.88 Å². The molecule has 0 aliphatic rings. The lowest BCUT2D eigenvalue weighted by molar-refractivity contribution is -0.402. The van der Waals surface area contributed by atoms with E-state index in [1.54, 1.807) is 0 Å². The summed E-state index contributed by atoms with van der Waals surface area (Å²) < 4.78 is 4.80. The molecule has 0 aliphatic carbocycles. The number of nitro groups is 1. The Balaban J connectivity index is 2.58. The first-order valence-electron chi connectivity index (χ1n) is 3.51. The molecule has 0 spiro atoms. The quantitative estimate of drug-likeness (QED) is 0.301. The SMILES string of the molecule is O=C=NCCc1ccc([N+](=O)[O-])o1. The predicted molar refractivity (Wildman–Crippen MR) is 42.1 cm³/mol. The predicted octanol–water partition coefficient (Wildman–Crippen LogP) is 1.07. The van der Waals surface area contributed by atoms with Crippen molar-refractivity contribution >= 4 is 12.0 Å². The fourth-order valence-electron chi connectivity index (χ4n) is 0.811. The molecule has 1 heterocycles. The molecule has 0 saturated carbocycles. The largest absolute Gasteiger partial charge is 0.433 e. The number of aliphatic imine (C=N–C) groups is 1. The van der Waals surface area contributed by atoms with Crippen LogP contribution in [0, 0.1) is 10.1 Å². The molecule has 13 heavy (non-hydrogen) atoms. The molecule has 0 amide bonds. The molecule has 0 fully saturated rings. The highest BCUT2D eigenvalue weighted by Crippen LogP contribution is 2.15. The minimum absolute atomic E-state index is 0.230. The summed E-state index contributed by atoms with van der Waals surface area (Å²) >= 11 is 0. The van der Waals surface area contributed by atoms with Crippen molar-refractivity contribution in [2.75, 3.05) is 6.54 Å². The number of nitrogens with zero attached hydrogens (tertiary/aromatic N) is 2. The smallest absolute Gasteiger partial charge is 0.406 e. The molecule has 0 radical (unpaired) electrons. The molecule has 6 nitrogen and oxygen atoms in total. The van der Waals surface area contributed by atoms with Gasteiger partial charge in [-0.15, -0.1) is 0 Å². The van der Waals surface area contributed by atoms with Gasteiger partial charge in [0.1, 0.15) is 10.7 Å². The zero-order chi connectivity index (χ0) is 9.68. The van der Waals surface area contributed by atoms with Gasteiger partial charge in [-0.05, 0) is 6.07 Å². The minimum Gasteiger partial charge on any atom is -0.406 e. The first kappa shape index (κ1) is 9.15. The molecule has 68 valence electrons. The molecular formula is C7H6N2O4. The molecule has 0 bridgehead atoms. The van der Waals surface area contributed by atoms with E-state index in [9.17, 15) is 14.9 Å². The van der Waals surface area contributed by atoms with Gasteiger partial charge in [-0.2, -0.15) is 0 Å². The van der Waals surface area contributed by atoms with Gasteiger partial charge in [0.15, 0.2) is 0 Å². The summed E-state index contributed by atoms with van der Waals surface area (Å²) in [5.74, 6) is 0.135. The summed E-state index contributed by atoms with van der Waals surface area (Å²) in [6, 6.07) is 2.75. The highest BCUT2D eigenvalue weighted by Gasteiger charge is 2.10. The Morgan fingerprint density at radius 1 is 1.62 bits per heavy atom. The zero-order valence-corrected chi connectivity index (χ0v) is 6.60. The highest BCUT2D eigenvalue weighted by atomic mass is 16.6. The number of furan rings is 1. The van der Waals surface area contributed by atoms with Gasteiger partial charge in [0.25, 0.3) is 0 Å². The molecule has 0 saturated heterocycles. The molecule has 0 N–H and O–H groups in total. The van der Waals surface area contributed by atoms with Gasteiger partial charge in [-0.25, -0.2) is 9.79 Å². The molecule has 0 aromatic carbocycles. The second-order valence-corrected chi connectivity index (χ2v) is 2.22. The van der Waals surface area contributed by atoms with Crippen molar-refractivity contribution in [3.8, 4) is 0 Å². The van der Waals surface area contributed by atoms with Crippen LogP contribution in [0.25, 0.3) is 0 Å². The van der Waals surface area contributed by atoms with E-state index < -0.39 is 4.92 Å². The Hall–Kier alpha value is -1.94. The second-order valence-electron chi connectivity index (χ2n) is 2.22.